The van der Waals surface area contributed by atoms with Crippen LogP contribution in [0.15, 0.2) is 18.2 Å². The Morgan fingerprint density at radius 2 is 1.63 bits per heavy atom. The highest BCUT2D eigenvalue weighted by Gasteiger charge is 2.25. The molecule has 0 atom stereocenters. The third-order valence-electron chi connectivity index (χ3n) is 3.87. The SMILES string of the molecule is CC(C)(C)OC(=O)NCC(=O)N1CCN(C(=O)c2ccc(Cl)c(Cl)c2)CC1. The number of hydrogen-bond acceptors (Lipinski definition) is 4. The number of amides is 3. The Morgan fingerprint density at radius 3 is 2.19 bits per heavy atom. The van der Waals surface area contributed by atoms with Crippen molar-refractivity contribution in [3.63, 3.8) is 0 Å². The standard InChI is InChI=1S/C18H23Cl2N3O4/c1-18(2,3)27-17(26)21-11-15(24)22-6-8-23(9-7-22)16(25)12-4-5-13(19)14(20)10-12/h4-5,10H,6-9,11H2,1-3H3,(H,21,26). The van der Waals surface area contributed by atoms with E-state index in [1.54, 1.807) is 42.7 Å². The van der Waals surface area contributed by atoms with Crippen LogP contribution in [0.25, 0.3) is 0 Å². The topological polar surface area (TPSA) is 79.0 Å². The summed E-state index contributed by atoms with van der Waals surface area (Å²) in [5.74, 6) is -0.380. The van der Waals surface area contributed by atoms with Gasteiger partial charge < -0.3 is 19.9 Å². The molecule has 1 aliphatic rings. The number of hydrogen-bond donors (Lipinski definition) is 1. The summed E-state index contributed by atoms with van der Waals surface area (Å²) in [6.07, 6.45) is -0.635. The molecule has 27 heavy (non-hydrogen) atoms. The lowest BCUT2D eigenvalue weighted by molar-refractivity contribution is -0.131. The molecule has 0 radical (unpaired) electrons. The first-order valence-corrected chi connectivity index (χ1v) is 9.31. The molecule has 0 aromatic heterocycles. The summed E-state index contributed by atoms with van der Waals surface area (Å²) >= 11 is 11.8. The van der Waals surface area contributed by atoms with Crippen LogP contribution < -0.4 is 5.32 Å². The van der Waals surface area contributed by atoms with Crippen LogP contribution in [0.1, 0.15) is 31.1 Å². The second-order valence-electron chi connectivity index (χ2n) is 7.16. The summed E-state index contributed by atoms with van der Waals surface area (Å²) in [5.41, 5.74) is -0.167. The van der Waals surface area contributed by atoms with Crippen LogP contribution in [0.3, 0.4) is 0 Å². The third kappa shape index (κ3) is 6.29. The fourth-order valence-corrected chi connectivity index (χ4v) is 2.84. The summed E-state index contributed by atoms with van der Waals surface area (Å²) in [5, 5.41) is 3.16. The van der Waals surface area contributed by atoms with Gasteiger partial charge in [0.15, 0.2) is 0 Å². The quantitative estimate of drug-likeness (QED) is 0.822. The fraction of sp³-hybridized carbons (Fsp3) is 0.500. The summed E-state index contributed by atoms with van der Waals surface area (Å²) in [4.78, 5) is 39.6. The van der Waals surface area contributed by atoms with E-state index in [2.05, 4.69) is 5.32 Å². The highest BCUT2D eigenvalue weighted by Crippen LogP contribution is 2.23. The van der Waals surface area contributed by atoms with Crippen molar-refractivity contribution in [1.82, 2.24) is 15.1 Å². The van der Waals surface area contributed by atoms with Gasteiger partial charge in [-0.3, -0.25) is 9.59 Å². The summed E-state index contributed by atoms with van der Waals surface area (Å²) in [6.45, 7) is 6.68. The predicted molar refractivity (Wildman–Crippen MR) is 103 cm³/mol. The summed E-state index contributed by atoms with van der Waals surface area (Å²) in [7, 11) is 0. The molecule has 0 aliphatic carbocycles. The van der Waals surface area contributed by atoms with Crippen LogP contribution in [-0.4, -0.2) is 66.0 Å². The smallest absolute Gasteiger partial charge is 0.408 e. The van der Waals surface area contributed by atoms with Crippen LogP contribution in [0, 0.1) is 0 Å². The van der Waals surface area contributed by atoms with Crippen LogP contribution in [0.2, 0.25) is 10.0 Å². The molecule has 9 heteroatoms. The predicted octanol–water partition coefficient (Wildman–Crippen LogP) is 2.80. The second kappa shape index (κ2) is 8.80. The van der Waals surface area contributed by atoms with Crippen molar-refractivity contribution in [3.8, 4) is 0 Å². The van der Waals surface area contributed by atoms with E-state index in [9.17, 15) is 14.4 Å². The molecule has 1 heterocycles. The average Bonchev–Trinajstić information content (AvgIpc) is 2.60. The number of rotatable bonds is 3. The van der Waals surface area contributed by atoms with E-state index in [1.165, 1.54) is 6.07 Å². The Balaban J connectivity index is 1.82. The fourth-order valence-electron chi connectivity index (χ4n) is 2.54. The molecule has 0 spiro atoms. The van der Waals surface area contributed by atoms with E-state index >= 15 is 0 Å². The normalized spacial score (nSPS) is 14.7. The van der Waals surface area contributed by atoms with Gasteiger partial charge in [-0.05, 0) is 39.0 Å². The number of carbonyl (C=O) groups is 3. The zero-order valence-electron chi connectivity index (χ0n) is 15.6. The van der Waals surface area contributed by atoms with Gasteiger partial charge in [-0.2, -0.15) is 0 Å². The van der Waals surface area contributed by atoms with Gasteiger partial charge >= 0.3 is 6.09 Å². The molecule has 0 bridgehead atoms. The number of nitrogens with zero attached hydrogens (tertiary/aromatic N) is 2. The van der Waals surface area contributed by atoms with Crippen molar-refractivity contribution < 1.29 is 19.1 Å². The number of nitrogens with one attached hydrogen (secondary N) is 1. The molecule has 1 aromatic rings. The van der Waals surface area contributed by atoms with Crippen LogP contribution in [0.4, 0.5) is 4.79 Å². The molecule has 0 saturated carbocycles. The molecule has 1 aliphatic heterocycles. The first-order valence-electron chi connectivity index (χ1n) is 8.56. The van der Waals surface area contributed by atoms with Crippen molar-refractivity contribution in [2.24, 2.45) is 0 Å². The number of ether oxygens (including phenoxy) is 1. The molecule has 148 valence electrons. The second-order valence-corrected chi connectivity index (χ2v) is 7.97. The lowest BCUT2D eigenvalue weighted by Gasteiger charge is -2.35. The van der Waals surface area contributed by atoms with Gasteiger partial charge in [0.05, 0.1) is 10.0 Å². The molecule has 2 rings (SSSR count). The van der Waals surface area contributed by atoms with Gasteiger partial charge in [-0.1, -0.05) is 23.2 Å². The van der Waals surface area contributed by atoms with Crippen LogP contribution in [-0.2, 0) is 9.53 Å². The Hall–Kier alpha value is -1.99. The molecule has 7 nitrogen and oxygen atoms in total. The maximum absolute atomic E-state index is 12.5. The Labute approximate surface area is 168 Å². The minimum Gasteiger partial charge on any atom is -0.444 e. The van der Waals surface area contributed by atoms with Crippen molar-refractivity contribution in [2.45, 2.75) is 26.4 Å². The lowest BCUT2D eigenvalue weighted by Crippen LogP contribution is -2.52. The molecular weight excluding hydrogens is 393 g/mol. The van der Waals surface area contributed by atoms with E-state index in [4.69, 9.17) is 27.9 Å². The lowest BCUT2D eigenvalue weighted by atomic mass is 10.2. The van der Waals surface area contributed by atoms with Gasteiger partial charge in [0.2, 0.25) is 5.91 Å². The molecule has 1 fully saturated rings. The Bertz CT molecular complexity index is 726. The highest BCUT2D eigenvalue weighted by atomic mass is 35.5. The van der Waals surface area contributed by atoms with Gasteiger partial charge in [0.1, 0.15) is 12.1 Å². The van der Waals surface area contributed by atoms with Gasteiger partial charge in [0.25, 0.3) is 5.91 Å². The molecule has 3 amide bonds. The molecule has 1 N–H and O–H groups in total. The third-order valence-corrected chi connectivity index (χ3v) is 4.61. The number of carbonyl (C=O) groups excluding carboxylic acids is 3. The highest BCUT2D eigenvalue weighted by molar-refractivity contribution is 6.42. The number of benzene rings is 1. The minimum absolute atomic E-state index is 0.143. The largest absolute Gasteiger partial charge is 0.444 e. The summed E-state index contributed by atoms with van der Waals surface area (Å²) < 4.78 is 5.10. The van der Waals surface area contributed by atoms with Gasteiger partial charge in [-0.25, -0.2) is 4.79 Å². The summed E-state index contributed by atoms with van der Waals surface area (Å²) in [6, 6.07) is 4.74. The van der Waals surface area contributed by atoms with Crippen LogP contribution >= 0.6 is 23.2 Å². The number of halogens is 2. The van der Waals surface area contributed by atoms with Crippen molar-refractivity contribution >= 4 is 41.1 Å². The monoisotopic (exact) mass is 415 g/mol. The van der Waals surface area contributed by atoms with E-state index in [1.807, 2.05) is 0 Å². The maximum atomic E-state index is 12.5. The van der Waals surface area contributed by atoms with Crippen molar-refractivity contribution in [2.75, 3.05) is 32.7 Å². The zero-order valence-corrected chi connectivity index (χ0v) is 17.1. The maximum Gasteiger partial charge on any atom is 0.408 e. The van der Waals surface area contributed by atoms with Crippen molar-refractivity contribution in [3.05, 3.63) is 33.8 Å². The van der Waals surface area contributed by atoms with Crippen molar-refractivity contribution in [1.29, 1.82) is 0 Å². The molecular formula is C18H23Cl2N3O4. The average molecular weight is 416 g/mol. The number of piperazine rings is 1. The van der Waals surface area contributed by atoms with E-state index in [0.29, 0.717) is 41.8 Å². The van der Waals surface area contributed by atoms with E-state index < -0.39 is 11.7 Å². The van der Waals surface area contributed by atoms with Crippen LogP contribution in [0.5, 0.6) is 0 Å². The Morgan fingerprint density at radius 1 is 1.04 bits per heavy atom. The first kappa shape index (κ1) is 21.3. The number of alkyl carbamates (subject to hydrolysis) is 1. The first-order chi connectivity index (χ1) is 12.6. The molecule has 1 saturated heterocycles. The zero-order chi connectivity index (χ0) is 20.2. The molecule has 1 aromatic carbocycles. The Kier molecular flexibility index (Phi) is 6.95. The van der Waals surface area contributed by atoms with E-state index in [0.717, 1.165) is 0 Å². The minimum atomic E-state index is -0.635. The molecule has 0 unspecified atom stereocenters. The van der Waals surface area contributed by atoms with Gasteiger partial charge in [-0.15, -0.1) is 0 Å². The van der Waals surface area contributed by atoms with E-state index in [-0.39, 0.29) is 18.4 Å². The van der Waals surface area contributed by atoms with Gasteiger partial charge in [0, 0.05) is 31.7 Å².